The molecule has 3 rings (SSSR count). The van der Waals surface area contributed by atoms with Crippen LogP contribution in [0.3, 0.4) is 0 Å². The van der Waals surface area contributed by atoms with Crippen molar-refractivity contribution in [3.63, 3.8) is 0 Å². The van der Waals surface area contributed by atoms with E-state index in [1.54, 1.807) is 0 Å². The first kappa shape index (κ1) is 10.4. The van der Waals surface area contributed by atoms with Crippen molar-refractivity contribution in [2.75, 3.05) is 11.9 Å². The van der Waals surface area contributed by atoms with E-state index in [0.717, 1.165) is 25.3 Å². The van der Waals surface area contributed by atoms with E-state index in [1.165, 1.54) is 4.63 Å². The summed E-state index contributed by atoms with van der Waals surface area (Å²) in [4.78, 5) is 0. The second-order valence-electron chi connectivity index (χ2n) is 4.23. The number of tetrazole rings is 1. The number of hydrogen-bond acceptors (Lipinski definition) is 6. The molecule has 0 saturated carbocycles. The summed E-state index contributed by atoms with van der Waals surface area (Å²) in [6.45, 7) is 2.96. The molecule has 1 N–H and O–H groups in total. The molecule has 1 aliphatic rings. The standard InChI is InChI=1S/C10H14N6O/c1-7(8-3-2-6-17-8)11-9-4-5-10-12-14-15-16(10)13-9/h4-5,7-8H,2-3,6H2,1H3,(H,11,13). The molecule has 7 nitrogen and oxygen atoms in total. The number of hydrogen-bond donors (Lipinski definition) is 1. The molecule has 0 radical (unpaired) electrons. The summed E-state index contributed by atoms with van der Waals surface area (Å²) >= 11 is 0. The maximum Gasteiger partial charge on any atom is 0.200 e. The van der Waals surface area contributed by atoms with Crippen LogP contribution in [0.25, 0.3) is 5.65 Å². The van der Waals surface area contributed by atoms with E-state index in [-0.39, 0.29) is 12.1 Å². The predicted molar refractivity (Wildman–Crippen MR) is 60.6 cm³/mol. The van der Waals surface area contributed by atoms with Crippen LogP contribution < -0.4 is 5.32 Å². The van der Waals surface area contributed by atoms with Gasteiger partial charge < -0.3 is 10.1 Å². The maximum atomic E-state index is 5.62. The Kier molecular flexibility index (Phi) is 2.60. The van der Waals surface area contributed by atoms with Gasteiger partial charge in [-0.3, -0.25) is 0 Å². The van der Waals surface area contributed by atoms with E-state index in [0.29, 0.717) is 5.65 Å². The molecule has 17 heavy (non-hydrogen) atoms. The van der Waals surface area contributed by atoms with Crippen molar-refractivity contribution in [2.24, 2.45) is 0 Å². The lowest BCUT2D eigenvalue weighted by Gasteiger charge is -2.20. The average molecular weight is 234 g/mol. The lowest BCUT2D eigenvalue weighted by molar-refractivity contribution is 0.0995. The molecule has 0 aliphatic carbocycles. The van der Waals surface area contributed by atoms with E-state index in [9.17, 15) is 0 Å². The first-order chi connectivity index (χ1) is 8.33. The second kappa shape index (κ2) is 4.25. The van der Waals surface area contributed by atoms with Crippen molar-refractivity contribution in [2.45, 2.75) is 31.9 Å². The zero-order valence-corrected chi connectivity index (χ0v) is 9.58. The highest BCUT2D eigenvalue weighted by molar-refractivity contribution is 5.42. The van der Waals surface area contributed by atoms with Gasteiger partial charge in [0, 0.05) is 6.61 Å². The van der Waals surface area contributed by atoms with Gasteiger partial charge in [0.15, 0.2) is 5.65 Å². The molecule has 1 aliphatic heterocycles. The van der Waals surface area contributed by atoms with E-state index < -0.39 is 0 Å². The Bertz CT molecular complexity index is 506. The molecule has 0 amide bonds. The van der Waals surface area contributed by atoms with Crippen LogP contribution in [-0.2, 0) is 4.74 Å². The van der Waals surface area contributed by atoms with Crippen molar-refractivity contribution < 1.29 is 4.74 Å². The molecular weight excluding hydrogens is 220 g/mol. The average Bonchev–Trinajstić information content (AvgIpc) is 2.99. The van der Waals surface area contributed by atoms with Crippen LogP contribution in [0.5, 0.6) is 0 Å². The summed E-state index contributed by atoms with van der Waals surface area (Å²) in [5, 5.41) is 18.7. The monoisotopic (exact) mass is 234 g/mol. The number of nitrogens with one attached hydrogen (secondary N) is 1. The Labute approximate surface area is 98.1 Å². The van der Waals surface area contributed by atoms with Crippen LogP contribution in [0, 0.1) is 0 Å². The molecule has 7 heteroatoms. The summed E-state index contributed by atoms with van der Waals surface area (Å²) in [6.07, 6.45) is 2.50. The summed E-state index contributed by atoms with van der Waals surface area (Å²) in [5.41, 5.74) is 0.639. The van der Waals surface area contributed by atoms with Gasteiger partial charge >= 0.3 is 0 Å². The lowest BCUT2D eigenvalue weighted by atomic mass is 10.1. The van der Waals surface area contributed by atoms with Crippen molar-refractivity contribution in [1.29, 1.82) is 0 Å². The molecule has 2 unspecified atom stereocenters. The van der Waals surface area contributed by atoms with E-state index in [2.05, 4.69) is 32.9 Å². The SMILES string of the molecule is CC(Nc1ccc2nnnn2n1)C1CCCO1. The Morgan fingerprint density at radius 3 is 3.29 bits per heavy atom. The third kappa shape index (κ3) is 2.05. The van der Waals surface area contributed by atoms with Crippen LogP contribution in [-0.4, -0.2) is 44.0 Å². The third-order valence-corrected chi connectivity index (χ3v) is 2.97. The molecule has 2 aromatic heterocycles. The van der Waals surface area contributed by atoms with Gasteiger partial charge in [0.25, 0.3) is 0 Å². The predicted octanol–water partition coefficient (Wildman–Crippen LogP) is 0.499. The Balaban J connectivity index is 1.74. The van der Waals surface area contributed by atoms with Gasteiger partial charge in [-0.2, -0.15) is 0 Å². The van der Waals surface area contributed by atoms with Crippen LogP contribution in [0.4, 0.5) is 5.82 Å². The Hall–Kier alpha value is -1.76. The molecule has 2 atom stereocenters. The van der Waals surface area contributed by atoms with E-state index in [1.807, 2.05) is 12.1 Å². The van der Waals surface area contributed by atoms with Gasteiger partial charge in [-0.25, -0.2) is 0 Å². The fraction of sp³-hybridized carbons (Fsp3) is 0.600. The van der Waals surface area contributed by atoms with Crippen molar-refractivity contribution >= 4 is 11.5 Å². The van der Waals surface area contributed by atoms with Gasteiger partial charge in [-0.15, -0.1) is 14.8 Å². The largest absolute Gasteiger partial charge is 0.376 e. The van der Waals surface area contributed by atoms with Gasteiger partial charge in [-0.1, -0.05) is 0 Å². The minimum atomic E-state index is 0.235. The molecule has 1 fully saturated rings. The van der Waals surface area contributed by atoms with Crippen LogP contribution in [0.1, 0.15) is 19.8 Å². The normalized spacial score (nSPS) is 21.8. The Morgan fingerprint density at radius 2 is 2.47 bits per heavy atom. The summed E-state index contributed by atoms with van der Waals surface area (Å²) in [7, 11) is 0. The quantitative estimate of drug-likeness (QED) is 0.833. The molecule has 0 bridgehead atoms. The third-order valence-electron chi connectivity index (χ3n) is 2.97. The number of anilines is 1. The van der Waals surface area contributed by atoms with Gasteiger partial charge in [0.05, 0.1) is 12.1 Å². The van der Waals surface area contributed by atoms with Crippen LogP contribution in [0.2, 0.25) is 0 Å². The summed E-state index contributed by atoms with van der Waals surface area (Å²) in [5.74, 6) is 0.757. The molecule has 3 heterocycles. The minimum absolute atomic E-state index is 0.235. The fourth-order valence-corrected chi connectivity index (χ4v) is 2.05. The van der Waals surface area contributed by atoms with Gasteiger partial charge in [0.1, 0.15) is 5.82 Å². The molecule has 2 aromatic rings. The van der Waals surface area contributed by atoms with Crippen molar-refractivity contribution in [3.05, 3.63) is 12.1 Å². The zero-order chi connectivity index (χ0) is 11.7. The van der Waals surface area contributed by atoms with Crippen molar-refractivity contribution in [3.8, 4) is 0 Å². The first-order valence-electron chi connectivity index (χ1n) is 5.76. The second-order valence-corrected chi connectivity index (χ2v) is 4.23. The molecule has 90 valence electrons. The molecule has 1 saturated heterocycles. The first-order valence-corrected chi connectivity index (χ1v) is 5.76. The van der Waals surface area contributed by atoms with Gasteiger partial charge in [-0.05, 0) is 42.3 Å². The zero-order valence-electron chi connectivity index (χ0n) is 9.58. The van der Waals surface area contributed by atoms with Gasteiger partial charge in [0.2, 0.25) is 0 Å². The highest BCUT2D eigenvalue weighted by Crippen LogP contribution is 2.18. The van der Waals surface area contributed by atoms with E-state index >= 15 is 0 Å². The topological polar surface area (TPSA) is 77.2 Å². The van der Waals surface area contributed by atoms with Crippen molar-refractivity contribution in [1.82, 2.24) is 25.3 Å². The number of fused-ring (bicyclic) bond motifs is 1. The number of aromatic nitrogens is 5. The Morgan fingerprint density at radius 1 is 1.53 bits per heavy atom. The fourth-order valence-electron chi connectivity index (χ4n) is 2.05. The highest BCUT2D eigenvalue weighted by Gasteiger charge is 2.22. The van der Waals surface area contributed by atoms with E-state index in [4.69, 9.17) is 4.74 Å². The van der Waals surface area contributed by atoms with Crippen LogP contribution >= 0.6 is 0 Å². The smallest absolute Gasteiger partial charge is 0.200 e. The summed E-state index contributed by atoms with van der Waals surface area (Å²) < 4.78 is 7.03. The lowest BCUT2D eigenvalue weighted by Crippen LogP contribution is -2.30. The highest BCUT2D eigenvalue weighted by atomic mass is 16.5. The molecular formula is C10H14N6O. The number of nitrogens with zero attached hydrogens (tertiary/aromatic N) is 5. The van der Waals surface area contributed by atoms with Crippen LogP contribution in [0.15, 0.2) is 12.1 Å². The molecule has 0 aromatic carbocycles. The number of ether oxygens (including phenoxy) is 1. The minimum Gasteiger partial charge on any atom is -0.376 e. The summed E-state index contributed by atoms with van der Waals surface area (Å²) in [6, 6.07) is 3.94. The number of rotatable bonds is 3. The maximum absolute atomic E-state index is 5.62. The molecule has 0 spiro atoms.